The minimum atomic E-state index is -0.269. The molecule has 19 heavy (non-hydrogen) atoms. The summed E-state index contributed by atoms with van der Waals surface area (Å²) in [4.78, 5) is 11.9. The van der Waals surface area contributed by atoms with Gasteiger partial charge in [-0.2, -0.15) is 0 Å². The number of methoxy groups -OCH3 is 1. The van der Waals surface area contributed by atoms with Crippen LogP contribution in [0.2, 0.25) is 0 Å². The zero-order valence-electron chi connectivity index (χ0n) is 12.6. The molecule has 0 atom stereocenters. The van der Waals surface area contributed by atoms with Crippen molar-refractivity contribution in [1.82, 2.24) is 0 Å². The zero-order chi connectivity index (χ0) is 14.5. The average Bonchev–Trinajstić information content (AvgIpc) is 2.36. The van der Waals surface area contributed by atoms with E-state index in [1.807, 2.05) is 45.9 Å². The smallest absolute Gasteiger partial charge is 0.161 e. The number of rotatable bonds is 6. The Labute approximate surface area is 115 Å². The van der Waals surface area contributed by atoms with Gasteiger partial charge in [0.2, 0.25) is 0 Å². The molecule has 0 saturated carbocycles. The maximum atomic E-state index is 11.9. The lowest BCUT2D eigenvalue weighted by Crippen LogP contribution is -2.20. The third kappa shape index (κ3) is 4.58. The van der Waals surface area contributed by atoms with Crippen LogP contribution in [0, 0.1) is 5.41 Å². The first-order valence-corrected chi connectivity index (χ1v) is 6.71. The van der Waals surface area contributed by atoms with E-state index in [1.54, 1.807) is 7.11 Å². The van der Waals surface area contributed by atoms with Gasteiger partial charge < -0.3 is 9.47 Å². The van der Waals surface area contributed by atoms with E-state index in [-0.39, 0.29) is 11.2 Å². The van der Waals surface area contributed by atoms with E-state index in [4.69, 9.17) is 9.47 Å². The largest absolute Gasteiger partial charge is 0.493 e. The van der Waals surface area contributed by atoms with Crippen molar-refractivity contribution < 1.29 is 14.3 Å². The maximum absolute atomic E-state index is 11.9. The molecule has 0 N–H and O–H groups in total. The van der Waals surface area contributed by atoms with Crippen molar-refractivity contribution in [3.63, 3.8) is 0 Å². The minimum absolute atomic E-state index is 0.269. The van der Waals surface area contributed by atoms with Crippen molar-refractivity contribution in [3.05, 3.63) is 23.8 Å². The molecule has 0 aliphatic heterocycles. The Kier molecular flexibility index (Phi) is 5.40. The van der Waals surface area contributed by atoms with E-state index in [2.05, 4.69) is 0 Å². The van der Waals surface area contributed by atoms with Crippen molar-refractivity contribution in [1.29, 1.82) is 0 Å². The molecule has 0 spiro atoms. The van der Waals surface area contributed by atoms with Gasteiger partial charge in [0.05, 0.1) is 13.7 Å². The van der Waals surface area contributed by atoms with Gasteiger partial charge in [0.25, 0.3) is 0 Å². The van der Waals surface area contributed by atoms with Crippen LogP contribution in [0.15, 0.2) is 18.2 Å². The fourth-order valence-corrected chi connectivity index (χ4v) is 1.78. The first kappa shape index (κ1) is 15.5. The summed E-state index contributed by atoms with van der Waals surface area (Å²) in [5.74, 6) is 1.75. The SMILES string of the molecule is CCOc1ccc(CCC(=O)C(C)(C)C)cc1OC. The van der Waals surface area contributed by atoms with Crippen LogP contribution in [0.4, 0.5) is 0 Å². The lowest BCUT2D eigenvalue weighted by atomic mass is 9.87. The average molecular weight is 264 g/mol. The number of aryl methyl sites for hydroxylation is 1. The molecule has 3 nitrogen and oxygen atoms in total. The monoisotopic (exact) mass is 264 g/mol. The summed E-state index contributed by atoms with van der Waals surface area (Å²) in [7, 11) is 1.63. The number of hydrogen-bond donors (Lipinski definition) is 0. The Balaban J connectivity index is 2.72. The van der Waals surface area contributed by atoms with Crippen LogP contribution in [0.5, 0.6) is 11.5 Å². The van der Waals surface area contributed by atoms with E-state index in [0.717, 1.165) is 23.5 Å². The second-order valence-corrected chi connectivity index (χ2v) is 5.59. The second-order valence-electron chi connectivity index (χ2n) is 5.59. The predicted octanol–water partition coefficient (Wildman–Crippen LogP) is 3.64. The topological polar surface area (TPSA) is 35.5 Å². The van der Waals surface area contributed by atoms with Gasteiger partial charge in [0.15, 0.2) is 11.5 Å². The van der Waals surface area contributed by atoms with Gasteiger partial charge in [0.1, 0.15) is 5.78 Å². The number of carbonyl (C=O) groups excluding carboxylic acids is 1. The van der Waals surface area contributed by atoms with Crippen LogP contribution >= 0.6 is 0 Å². The van der Waals surface area contributed by atoms with Crippen LogP contribution < -0.4 is 9.47 Å². The summed E-state index contributed by atoms with van der Waals surface area (Å²) >= 11 is 0. The third-order valence-corrected chi connectivity index (χ3v) is 3.01. The molecule has 0 amide bonds. The molecular weight excluding hydrogens is 240 g/mol. The van der Waals surface area contributed by atoms with Gasteiger partial charge in [-0.15, -0.1) is 0 Å². The predicted molar refractivity (Wildman–Crippen MR) is 76.9 cm³/mol. The van der Waals surface area contributed by atoms with Crippen molar-refractivity contribution in [2.45, 2.75) is 40.5 Å². The fourth-order valence-electron chi connectivity index (χ4n) is 1.78. The van der Waals surface area contributed by atoms with Crippen molar-refractivity contribution in [2.75, 3.05) is 13.7 Å². The highest BCUT2D eigenvalue weighted by Crippen LogP contribution is 2.29. The lowest BCUT2D eigenvalue weighted by molar-refractivity contribution is -0.126. The Morgan fingerprint density at radius 2 is 1.89 bits per heavy atom. The minimum Gasteiger partial charge on any atom is -0.493 e. The molecule has 0 aliphatic rings. The van der Waals surface area contributed by atoms with Gasteiger partial charge in [-0.05, 0) is 31.0 Å². The summed E-state index contributed by atoms with van der Waals surface area (Å²) in [5, 5.41) is 0. The number of benzene rings is 1. The number of hydrogen-bond acceptors (Lipinski definition) is 3. The standard InChI is InChI=1S/C16H24O3/c1-6-19-13-9-7-12(11-14(13)18-5)8-10-15(17)16(2,3)4/h7,9,11H,6,8,10H2,1-5H3. The number of ether oxygens (including phenoxy) is 2. The van der Waals surface area contributed by atoms with Gasteiger partial charge >= 0.3 is 0 Å². The maximum Gasteiger partial charge on any atom is 0.161 e. The molecule has 0 aliphatic carbocycles. The van der Waals surface area contributed by atoms with Crippen LogP contribution in [-0.2, 0) is 11.2 Å². The van der Waals surface area contributed by atoms with Crippen molar-refractivity contribution >= 4 is 5.78 Å². The molecule has 0 bridgehead atoms. The molecule has 1 aromatic carbocycles. The number of Topliss-reactive ketones (excluding diaryl/α,β-unsaturated/α-hetero) is 1. The first-order chi connectivity index (χ1) is 8.88. The van der Waals surface area contributed by atoms with Crippen LogP contribution in [-0.4, -0.2) is 19.5 Å². The number of carbonyl (C=O) groups is 1. The molecule has 1 rings (SSSR count). The van der Waals surface area contributed by atoms with E-state index in [0.29, 0.717) is 13.0 Å². The van der Waals surface area contributed by atoms with E-state index >= 15 is 0 Å². The van der Waals surface area contributed by atoms with Crippen molar-refractivity contribution in [2.24, 2.45) is 5.41 Å². The molecule has 0 heterocycles. The van der Waals surface area contributed by atoms with E-state index in [1.165, 1.54) is 0 Å². The highest BCUT2D eigenvalue weighted by Gasteiger charge is 2.20. The molecule has 0 saturated heterocycles. The second kappa shape index (κ2) is 6.60. The van der Waals surface area contributed by atoms with Gasteiger partial charge in [0, 0.05) is 11.8 Å². The molecule has 0 fully saturated rings. The summed E-state index contributed by atoms with van der Waals surface area (Å²) in [6, 6.07) is 5.84. The molecule has 0 unspecified atom stereocenters. The lowest BCUT2D eigenvalue weighted by Gasteiger charge is -2.16. The normalized spacial score (nSPS) is 11.2. The third-order valence-electron chi connectivity index (χ3n) is 3.01. The Hall–Kier alpha value is -1.51. The fraction of sp³-hybridized carbons (Fsp3) is 0.562. The van der Waals surface area contributed by atoms with Crippen molar-refractivity contribution in [3.8, 4) is 11.5 Å². The molecule has 3 heteroatoms. The molecular formula is C16H24O3. The van der Waals surface area contributed by atoms with Crippen LogP contribution in [0.1, 0.15) is 39.7 Å². The van der Waals surface area contributed by atoms with Crippen LogP contribution in [0.25, 0.3) is 0 Å². The molecule has 0 radical (unpaired) electrons. The summed E-state index contributed by atoms with van der Waals surface area (Å²) in [6.45, 7) is 8.41. The Bertz CT molecular complexity index is 430. The van der Waals surface area contributed by atoms with E-state index in [9.17, 15) is 4.79 Å². The highest BCUT2D eigenvalue weighted by atomic mass is 16.5. The molecule has 1 aromatic rings. The summed E-state index contributed by atoms with van der Waals surface area (Å²) < 4.78 is 10.8. The summed E-state index contributed by atoms with van der Waals surface area (Å²) in [6.07, 6.45) is 1.29. The van der Waals surface area contributed by atoms with E-state index < -0.39 is 0 Å². The zero-order valence-corrected chi connectivity index (χ0v) is 12.6. The first-order valence-electron chi connectivity index (χ1n) is 6.71. The quantitative estimate of drug-likeness (QED) is 0.787. The Morgan fingerprint density at radius 1 is 1.21 bits per heavy atom. The molecule has 106 valence electrons. The van der Waals surface area contributed by atoms with Gasteiger partial charge in [-0.1, -0.05) is 26.8 Å². The number of ketones is 1. The summed E-state index contributed by atoms with van der Waals surface area (Å²) in [5.41, 5.74) is 0.827. The Morgan fingerprint density at radius 3 is 2.42 bits per heavy atom. The van der Waals surface area contributed by atoms with Gasteiger partial charge in [-0.25, -0.2) is 0 Å². The van der Waals surface area contributed by atoms with Gasteiger partial charge in [-0.3, -0.25) is 4.79 Å². The molecule has 0 aromatic heterocycles. The highest BCUT2D eigenvalue weighted by molar-refractivity contribution is 5.83. The van der Waals surface area contributed by atoms with Crippen LogP contribution in [0.3, 0.4) is 0 Å².